The first-order chi connectivity index (χ1) is 15.4. The molecule has 0 atom stereocenters. The molecule has 2 aromatic carbocycles. The van der Waals surface area contributed by atoms with Crippen LogP contribution >= 0.6 is 11.6 Å². The number of carbonyl (C=O) groups is 1. The van der Waals surface area contributed by atoms with Gasteiger partial charge in [-0.3, -0.25) is 0 Å². The highest BCUT2D eigenvalue weighted by Crippen LogP contribution is 2.32. The topological polar surface area (TPSA) is 136 Å². The Kier molecular flexibility index (Phi) is 5.41. The average molecular weight is 503 g/mol. The van der Waals surface area contributed by atoms with E-state index >= 15 is 0 Å². The van der Waals surface area contributed by atoms with E-state index < -0.39 is 28.1 Å². The number of H-pyrrole nitrogens is 1. The molecule has 0 aliphatic heterocycles. The Morgan fingerprint density at radius 2 is 1.85 bits per heavy atom. The summed E-state index contributed by atoms with van der Waals surface area (Å²) in [6, 6.07) is 6.15. The quantitative estimate of drug-likeness (QED) is 0.388. The predicted octanol–water partition coefficient (Wildman–Crippen LogP) is 4.19. The molecule has 0 unspecified atom stereocenters. The zero-order valence-electron chi connectivity index (χ0n) is 15.9. The number of benzene rings is 2. The van der Waals surface area contributed by atoms with E-state index in [0.717, 1.165) is 30.5 Å². The number of rotatable bonds is 5. The van der Waals surface area contributed by atoms with E-state index in [0.29, 0.717) is 5.52 Å². The van der Waals surface area contributed by atoms with E-state index in [1.165, 1.54) is 23.0 Å². The van der Waals surface area contributed by atoms with Crippen molar-refractivity contribution in [3.8, 4) is 17.4 Å². The summed E-state index contributed by atoms with van der Waals surface area (Å²) in [4.78, 5) is 17.0. The molecule has 0 aliphatic carbocycles. The maximum absolute atomic E-state index is 13.0. The fraction of sp³-hybridized carbons (Fsp3) is 0.0556. The summed E-state index contributed by atoms with van der Waals surface area (Å²) in [5.74, 6) is -0.530. The molecule has 2 N–H and O–H groups in total. The van der Waals surface area contributed by atoms with Gasteiger partial charge in [-0.15, -0.1) is 13.2 Å². The van der Waals surface area contributed by atoms with Crippen molar-refractivity contribution in [2.75, 3.05) is 0 Å². The van der Waals surface area contributed by atoms with Crippen LogP contribution in [-0.2, 0) is 9.84 Å². The molecule has 4 rings (SSSR count). The predicted molar refractivity (Wildman–Crippen MR) is 105 cm³/mol. The zero-order valence-corrected chi connectivity index (χ0v) is 17.4. The number of imidazole rings is 1. The molecule has 172 valence electrons. The number of aromatic nitrogens is 4. The third kappa shape index (κ3) is 4.70. The van der Waals surface area contributed by atoms with Crippen LogP contribution in [0.25, 0.3) is 17.0 Å². The van der Waals surface area contributed by atoms with E-state index in [2.05, 4.69) is 24.5 Å². The second kappa shape index (κ2) is 7.97. The number of aromatic amines is 1. The number of nitrogens with zero attached hydrogens (tertiary/aromatic N) is 3. The van der Waals surface area contributed by atoms with E-state index in [4.69, 9.17) is 16.7 Å². The van der Waals surface area contributed by atoms with Gasteiger partial charge in [0.25, 0.3) is 0 Å². The molecule has 2 aromatic heterocycles. The highest BCUT2D eigenvalue weighted by Gasteiger charge is 2.31. The Balaban J connectivity index is 1.68. The molecular weight excluding hydrogens is 493 g/mol. The third-order valence-electron chi connectivity index (χ3n) is 4.16. The van der Waals surface area contributed by atoms with Crippen molar-refractivity contribution in [1.29, 1.82) is 0 Å². The number of hydrogen-bond donors (Lipinski definition) is 2. The molecule has 0 bridgehead atoms. The minimum atomic E-state index is -4.92. The number of hydrogen-bond acceptors (Lipinski definition) is 7. The molecule has 0 aliphatic rings. The number of carboxylic acid groups (broad SMARTS) is 1. The van der Waals surface area contributed by atoms with Gasteiger partial charge in [0.05, 0.1) is 38.2 Å². The molecule has 0 saturated heterocycles. The fourth-order valence-electron chi connectivity index (χ4n) is 2.84. The van der Waals surface area contributed by atoms with Gasteiger partial charge < -0.3 is 19.6 Å². The van der Waals surface area contributed by atoms with Crippen molar-refractivity contribution in [3.63, 3.8) is 0 Å². The molecule has 33 heavy (non-hydrogen) atoms. The van der Waals surface area contributed by atoms with Crippen LogP contribution in [0.2, 0.25) is 5.02 Å². The molecule has 15 heteroatoms. The van der Waals surface area contributed by atoms with Gasteiger partial charge in [0, 0.05) is 0 Å². The Bertz CT molecular complexity index is 1460. The molecule has 4 aromatic rings. The highest BCUT2D eigenvalue weighted by atomic mass is 35.5. The lowest BCUT2D eigenvalue weighted by atomic mass is 10.3. The Morgan fingerprint density at radius 1 is 1.15 bits per heavy atom. The summed E-state index contributed by atoms with van der Waals surface area (Å²) in [7, 11) is -4.22. The number of ether oxygens (including phenoxy) is 2. The van der Waals surface area contributed by atoms with E-state index in [9.17, 15) is 26.4 Å². The highest BCUT2D eigenvalue weighted by molar-refractivity contribution is 7.91. The lowest BCUT2D eigenvalue weighted by Gasteiger charge is -2.10. The molecule has 0 spiro atoms. The van der Waals surface area contributed by atoms with Gasteiger partial charge in [0.15, 0.2) is 5.75 Å². The lowest BCUT2D eigenvalue weighted by molar-refractivity contribution is -0.274. The minimum Gasteiger partial charge on any atom is -0.449 e. The second-order valence-corrected chi connectivity index (χ2v) is 8.70. The van der Waals surface area contributed by atoms with Crippen molar-refractivity contribution < 1.29 is 41.0 Å². The van der Waals surface area contributed by atoms with Crippen molar-refractivity contribution in [1.82, 2.24) is 19.7 Å². The summed E-state index contributed by atoms with van der Waals surface area (Å²) in [5, 5.41) is 12.4. The second-order valence-electron chi connectivity index (χ2n) is 6.37. The first-order valence-electron chi connectivity index (χ1n) is 8.68. The maximum atomic E-state index is 13.0. The van der Waals surface area contributed by atoms with Crippen LogP contribution in [-0.4, -0.2) is 45.8 Å². The van der Waals surface area contributed by atoms with E-state index in [1.807, 2.05) is 0 Å². The first kappa shape index (κ1) is 22.4. The van der Waals surface area contributed by atoms with E-state index in [1.54, 1.807) is 0 Å². The molecule has 10 nitrogen and oxygen atoms in total. The summed E-state index contributed by atoms with van der Waals surface area (Å²) in [6.45, 7) is 0. The van der Waals surface area contributed by atoms with Crippen molar-refractivity contribution in [2.45, 2.75) is 16.2 Å². The van der Waals surface area contributed by atoms with Gasteiger partial charge in [-0.05, 0) is 36.4 Å². The Labute approximate surface area is 187 Å². The number of sulfone groups is 1. The molecule has 2 heterocycles. The SMILES string of the molecule is O=C(O)Oc1cnn(-c2nc3cc(S(=O)(=O)c4ccc(OC(F)(F)F)cc4)c(Cl)cc3[nH]2)c1. The molecule has 0 amide bonds. The van der Waals surface area contributed by atoms with Gasteiger partial charge in [-0.25, -0.2) is 22.9 Å². The van der Waals surface area contributed by atoms with Crippen LogP contribution in [0.1, 0.15) is 0 Å². The first-order valence-corrected chi connectivity index (χ1v) is 10.5. The standard InChI is InChI=1S/C18H10ClF3N4O6S/c19-12-5-13-14(25-16(24-13)26-8-10(7-23-26)31-17(27)28)6-15(12)33(29,30)11-3-1-9(2-4-11)32-18(20,21)22/h1-8H,(H,24,25)(H,27,28). The van der Waals surface area contributed by atoms with Crippen LogP contribution < -0.4 is 9.47 Å². The van der Waals surface area contributed by atoms with Crippen LogP contribution in [0.3, 0.4) is 0 Å². The summed E-state index contributed by atoms with van der Waals surface area (Å²) in [6.07, 6.45) is -4.08. The number of alkyl halides is 3. The maximum Gasteiger partial charge on any atom is 0.573 e. The summed E-state index contributed by atoms with van der Waals surface area (Å²) >= 11 is 6.16. The van der Waals surface area contributed by atoms with Crippen molar-refractivity contribution in [2.24, 2.45) is 0 Å². The Hall–Kier alpha value is -3.78. The van der Waals surface area contributed by atoms with Crippen molar-refractivity contribution >= 4 is 38.6 Å². The third-order valence-corrected chi connectivity index (χ3v) is 6.40. The number of halogens is 4. The molecule has 0 fully saturated rings. The average Bonchev–Trinajstić information content (AvgIpc) is 3.32. The molecule has 0 saturated carbocycles. The number of fused-ring (bicyclic) bond motifs is 1. The van der Waals surface area contributed by atoms with Crippen LogP contribution in [0.5, 0.6) is 11.5 Å². The molecule has 0 radical (unpaired) electrons. The van der Waals surface area contributed by atoms with Crippen LogP contribution in [0.15, 0.2) is 58.6 Å². The monoisotopic (exact) mass is 502 g/mol. The zero-order chi connectivity index (χ0) is 24.0. The van der Waals surface area contributed by atoms with Crippen LogP contribution in [0, 0.1) is 0 Å². The lowest BCUT2D eigenvalue weighted by Crippen LogP contribution is -2.17. The van der Waals surface area contributed by atoms with Gasteiger partial charge in [-0.1, -0.05) is 11.6 Å². The largest absolute Gasteiger partial charge is 0.573 e. The van der Waals surface area contributed by atoms with Gasteiger partial charge >= 0.3 is 12.5 Å². The Morgan fingerprint density at radius 3 is 2.48 bits per heavy atom. The summed E-state index contributed by atoms with van der Waals surface area (Å²) in [5.41, 5.74) is 0.528. The van der Waals surface area contributed by atoms with Crippen LogP contribution in [0.4, 0.5) is 18.0 Å². The number of nitrogens with one attached hydrogen (secondary N) is 1. The van der Waals surface area contributed by atoms with Gasteiger partial charge in [-0.2, -0.15) is 5.10 Å². The van der Waals surface area contributed by atoms with E-state index in [-0.39, 0.29) is 32.0 Å². The van der Waals surface area contributed by atoms with Gasteiger partial charge in [0.2, 0.25) is 15.8 Å². The summed E-state index contributed by atoms with van der Waals surface area (Å²) < 4.78 is 72.3. The minimum absolute atomic E-state index is 0.0674. The normalized spacial score (nSPS) is 12.1. The molecular formula is C18H10ClF3N4O6S. The fourth-order valence-corrected chi connectivity index (χ4v) is 4.63. The van der Waals surface area contributed by atoms with Gasteiger partial charge in [0.1, 0.15) is 5.75 Å². The smallest absolute Gasteiger partial charge is 0.449 e. The van der Waals surface area contributed by atoms with Crippen molar-refractivity contribution in [3.05, 3.63) is 53.8 Å².